The summed E-state index contributed by atoms with van der Waals surface area (Å²) in [5, 5.41) is 4.26. The molecule has 0 amide bonds. The van der Waals surface area contributed by atoms with Crippen molar-refractivity contribution in [2.75, 3.05) is 13.2 Å². The summed E-state index contributed by atoms with van der Waals surface area (Å²) >= 11 is 0. The van der Waals surface area contributed by atoms with Crippen molar-refractivity contribution in [2.24, 2.45) is 11.8 Å². The molecule has 3 atom stereocenters. The average molecular weight is 447 g/mol. The van der Waals surface area contributed by atoms with Crippen LogP contribution in [0.5, 0.6) is 5.75 Å². The predicted octanol–water partition coefficient (Wildman–Crippen LogP) is 5.27. The Labute approximate surface area is 185 Å². The molecule has 172 valence electrons. The van der Waals surface area contributed by atoms with Crippen molar-refractivity contribution in [2.45, 2.75) is 69.6 Å². The van der Waals surface area contributed by atoms with Gasteiger partial charge in [-0.25, -0.2) is 0 Å². The molecular weight excluding hydrogens is 420 g/mol. The molecule has 1 aliphatic heterocycles. The van der Waals surface area contributed by atoms with Gasteiger partial charge in [-0.3, -0.25) is 0 Å². The van der Waals surface area contributed by atoms with Crippen molar-refractivity contribution >= 4 is 0 Å². The summed E-state index contributed by atoms with van der Waals surface area (Å²) in [6.45, 7) is -1.22. The Hall–Kier alpha value is -2.03. The zero-order chi connectivity index (χ0) is 21.7. The maximum Gasteiger partial charge on any atom is 0.387 e. The maximum atomic E-state index is 12.9. The van der Waals surface area contributed by atoms with Crippen LogP contribution in [-0.4, -0.2) is 36.9 Å². The van der Waals surface area contributed by atoms with E-state index in [0.29, 0.717) is 48.8 Å². The minimum absolute atomic E-state index is 0.0904. The number of alkyl halides is 2. The van der Waals surface area contributed by atoms with E-state index in [4.69, 9.17) is 23.5 Å². The van der Waals surface area contributed by atoms with Crippen LogP contribution < -0.4 is 4.74 Å². The highest BCUT2D eigenvalue weighted by molar-refractivity contribution is 5.70. The van der Waals surface area contributed by atoms with Gasteiger partial charge < -0.3 is 23.5 Å². The van der Waals surface area contributed by atoms with Gasteiger partial charge in [-0.1, -0.05) is 17.3 Å². The fraction of sp³-hybridized carbons (Fsp3) is 0.625. The van der Waals surface area contributed by atoms with E-state index in [-0.39, 0.29) is 11.9 Å². The van der Waals surface area contributed by atoms with Gasteiger partial charge in [-0.2, -0.15) is 8.78 Å². The molecule has 0 unspecified atom stereocenters. The summed E-state index contributed by atoms with van der Waals surface area (Å²) in [6, 6.07) is 6.70. The number of hydrogen-bond donors (Lipinski definition) is 0. The third-order valence-corrected chi connectivity index (χ3v) is 7.42. The van der Waals surface area contributed by atoms with Crippen molar-refractivity contribution in [1.29, 1.82) is 0 Å². The first kappa shape index (κ1) is 20.6. The van der Waals surface area contributed by atoms with E-state index >= 15 is 0 Å². The number of ether oxygens (including phenoxy) is 4. The highest BCUT2D eigenvalue weighted by Gasteiger charge is 2.58. The van der Waals surface area contributed by atoms with Crippen LogP contribution >= 0.6 is 0 Å². The summed E-state index contributed by atoms with van der Waals surface area (Å²) in [6.07, 6.45) is 6.21. The zero-order valence-corrected chi connectivity index (χ0v) is 17.8. The number of rotatable bonds is 7. The normalized spacial score (nSPS) is 28.7. The Kier molecular flexibility index (Phi) is 5.19. The summed E-state index contributed by atoms with van der Waals surface area (Å²) in [7, 11) is 0. The zero-order valence-electron chi connectivity index (χ0n) is 17.8. The Balaban J connectivity index is 1.23. The monoisotopic (exact) mass is 447 g/mol. The van der Waals surface area contributed by atoms with Crippen molar-refractivity contribution < 1.29 is 32.3 Å². The summed E-state index contributed by atoms with van der Waals surface area (Å²) in [5.74, 6) is 1.55. The Morgan fingerprint density at radius 2 is 1.75 bits per heavy atom. The third-order valence-electron chi connectivity index (χ3n) is 7.42. The second kappa shape index (κ2) is 8.08. The lowest BCUT2D eigenvalue weighted by molar-refractivity contribution is -0.238. The SMILES string of the molecule is FC(F)Oc1ccccc1-c1noc(C2CC2)c1CO[C@H]1C[C@H]2CC[C@@H](C1)C21OCCO1. The second-order valence-corrected chi connectivity index (χ2v) is 9.32. The quantitative estimate of drug-likeness (QED) is 0.576. The van der Waals surface area contributed by atoms with E-state index in [1.54, 1.807) is 18.2 Å². The maximum absolute atomic E-state index is 12.9. The molecule has 8 heteroatoms. The van der Waals surface area contributed by atoms with Crippen molar-refractivity contribution in [3.63, 3.8) is 0 Å². The summed E-state index contributed by atoms with van der Waals surface area (Å²) in [5.41, 5.74) is 1.87. The molecule has 3 aliphatic carbocycles. The van der Waals surface area contributed by atoms with Crippen molar-refractivity contribution in [1.82, 2.24) is 5.16 Å². The van der Waals surface area contributed by atoms with Crippen LogP contribution in [-0.2, 0) is 20.8 Å². The fourth-order valence-electron chi connectivity index (χ4n) is 5.89. The number of nitrogens with zero attached hydrogens (tertiary/aromatic N) is 1. The second-order valence-electron chi connectivity index (χ2n) is 9.32. The van der Waals surface area contributed by atoms with Crippen LogP contribution in [0.15, 0.2) is 28.8 Å². The van der Waals surface area contributed by atoms with Crippen LogP contribution in [0.1, 0.15) is 55.8 Å². The minimum atomic E-state index is -2.91. The average Bonchev–Trinajstić information content (AvgIpc) is 3.32. The molecule has 2 aromatic rings. The van der Waals surface area contributed by atoms with Crippen LogP contribution in [0.4, 0.5) is 8.78 Å². The Morgan fingerprint density at radius 1 is 1.03 bits per heavy atom. The smallest absolute Gasteiger partial charge is 0.387 e. The van der Waals surface area contributed by atoms with Crippen LogP contribution in [0, 0.1) is 11.8 Å². The van der Waals surface area contributed by atoms with Gasteiger partial charge >= 0.3 is 6.61 Å². The Bertz CT molecular complexity index is 953. The van der Waals surface area contributed by atoms with E-state index < -0.39 is 12.4 Å². The van der Waals surface area contributed by atoms with E-state index in [1.807, 2.05) is 0 Å². The lowest BCUT2D eigenvalue weighted by Crippen LogP contribution is -2.47. The number of halogens is 2. The van der Waals surface area contributed by atoms with Gasteiger partial charge in [-0.05, 0) is 50.7 Å². The first-order chi connectivity index (χ1) is 15.6. The number of para-hydroxylation sites is 1. The molecule has 2 heterocycles. The van der Waals surface area contributed by atoms with Gasteiger partial charge in [0.05, 0.1) is 25.9 Å². The molecule has 2 bridgehead atoms. The van der Waals surface area contributed by atoms with Gasteiger partial charge in [0.1, 0.15) is 17.2 Å². The molecule has 32 heavy (non-hydrogen) atoms. The largest absolute Gasteiger partial charge is 0.434 e. The lowest BCUT2D eigenvalue weighted by atomic mass is 9.81. The molecule has 1 spiro atoms. The first-order valence-corrected chi connectivity index (χ1v) is 11.6. The molecule has 1 aromatic carbocycles. The molecule has 0 radical (unpaired) electrons. The molecule has 4 aliphatic rings. The highest BCUT2D eigenvalue weighted by Crippen LogP contribution is 2.54. The molecule has 4 fully saturated rings. The summed E-state index contributed by atoms with van der Waals surface area (Å²) in [4.78, 5) is 0. The molecule has 6 nitrogen and oxygen atoms in total. The van der Waals surface area contributed by atoms with Gasteiger partial charge in [0, 0.05) is 28.9 Å². The standard InChI is InChI=1S/C24H27F2NO5/c25-23(26)31-20-4-2-1-3-18(20)21-19(22(32-27-21)14-5-6-14)13-28-17-11-15-7-8-16(12-17)24(15)29-9-10-30-24/h1-4,14-17,23H,5-13H2/t15-,16+,17+. The molecule has 1 saturated heterocycles. The third kappa shape index (κ3) is 3.53. The lowest BCUT2D eigenvalue weighted by Gasteiger charge is -2.41. The van der Waals surface area contributed by atoms with Crippen LogP contribution in [0.3, 0.4) is 0 Å². The molecule has 1 aromatic heterocycles. The van der Waals surface area contributed by atoms with Crippen LogP contribution in [0.2, 0.25) is 0 Å². The van der Waals surface area contributed by atoms with Crippen molar-refractivity contribution in [3.05, 3.63) is 35.6 Å². The predicted molar refractivity (Wildman–Crippen MR) is 109 cm³/mol. The van der Waals surface area contributed by atoms with E-state index in [1.165, 1.54) is 6.07 Å². The summed E-state index contributed by atoms with van der Waals surface area (Å²) < 4.78 is 54.9. The molecular formula is C24H27F2NO5. The Morgan fingerprint density at radius 3 is 2.44 bits per heavy atom. The van der Waals surface area contributed by atoms with Gasteiger partial charge in [0.25, 0.3) is 0 Å². The molecule has 6 rings (SSSR count). The number of benzene rings is 1. The van der Waals surface area contributed by atoms with E-state index in [2.05, 4.69) is 5.16 Å². The van der Waals surface area contributed by atoms with Gasteiger partial charge in [0.2, 0.25) is 0 Å². The number of hydrogen-bond acceptors (Lipinski definition) is 6. The van der Waals surface area contributed by atoms with Crippen LogP contribution in [0.25, 0.3) is 11.3 Å². The molecule has 3 saturated carbocycles. The van der Waals surface area contributed by atoms with Gasteiger partial charge in [0.15, 0.2) is 5.79 Å². The van der Waals surface area contributed by atoms with E-state index in [9.17, 15) is 8.78 Å². The topological polar surface area (TPSA) is 63.0 Å². The molecule has 0 N–H and O–H groups in total. The minimum Gasteiger partial charge on any atom is -0.434 e. The van der Waals surface area contributed by atoms with E-state index in [0.717, 1.165) is 49.8 Å². The highest BCUT2D eigenvalue weighted by atomic mass is 19.3. The first-order valence-electron chi connectivity index (χ1n) is 11.6. The van der Waals surface area contributed by atoms with Gasteiger partial charge in [-0.15, -0.1) is 0 Å². The van der Waals surface area contributed by atoms with Crippen molar-refractivity contribution in [3.8, 4) is 17.0 Å². The number of aromatic nitrogens is 1. The fourth-order valence-corrected chi connectivity index (χ4v) is 5.89.